The van der Waals surface area contributed by atoms with Crippen LogP contribution in [0.25, 0.3) is 0 Å². The first-order valence-corrected chi connectivity index (χ1v) is 6.07. The third-order valence-corrected chi connectivity index (χ3v) is 2.97. The van der Waals surface area contributed by atoms with Crippen molar-refractivity contribution in [1.29, 1.82) is 0 Å². The number of carbonyl (C=O) groups excluding carboxylic acids is 1. The normalized spacial score (nSPS) is 10.3. The molecule has 1 N–H and O–H groups in total. The minimum atomic E-state index is -0.230. The molecule has 2 aromatic rings. The van der Waals surface area contributed by atoms with Crippen LogP contribution in [-0.4, -0.2) is 13.0 Å². The Morgan fingerprint density at radius 2 is 2.16 bits per heavy atom. The van der Waals surface area contributed by atoms with Crippen LogP contribution in [0.15, 0.2) is 34.9 Å². The summed E-state index contributed by atoms with van der Waals surface area (Å²) in [4.78, 5) is 11.8. The number of furan rings is 1. The Bertz CT molecular complexity index is 573. The molecule has 4 nitrogen and oxygen atoms in total. The van der Waals surface area contributed by atoms with Crippen molar-refractivity contribution in [2.45, 2.75) is 20.4 Å². The van der Waals surface area contributed by atoms with Gasteiger partial charge in [-0.15, -0.1) is 0 Å². The Labute approximate surface area is 112 Å². The molecule has 0 aliphatic heterocycles. The molecule has 0 atom stereocenters. The van der Waals surface area contributed by atoms with Crippen molar-refractivity contribution in [3.63, 3.8) is 0 Å². The van der Waals surface area contributed by atoms with Crippen LogP contribution in [0, 0.1) is 13.8 Å². The molecule has 0 aliphatic rings. The second kappa shape index (κ2) is 5.61. The van der Waals surface area contributed by atoms with E-state index in [1.165, 1.54) is 6.26 Å². The number of nitrogens with one attached hydrogen (secondary N) is 1. The number of rotatable bonds is 4. The van der Waals surface area contributed by atoms with Gasteiger partial charge in [-0.1, -0.05) is 6.07 Å². The first kappa shape index (κ1) is 13.2. The SMILES string of the molecule is COc1cc(C)cc(C)c1CNC(=O)c1ccco1. The van der Waals surface area contributed by atoms with Gasteiger partial charge in [-0.3, -0.25) is 4.79 Å². The molecule has 0 bridgehead atoms. The van der Waals surface area contributed by atoms with Crippen LogP contribution in [0.3, 0.4) is 0 Å². The zero-order valence-corrected chi connectivity index (χ0v) is 11.3. The molecule has 0 saturated carbocycles. The second-order valence-electron chi connectivity index (χ2n) is 4.42. The van der Waals surface area contributed by atoms with Crippen LogP contribution in [0.2, 0.25) is 0 Å². The minimum Gasteiger partial charge on any atom is -0.496 e. The summed E-state index contributed by atoms with van der Waals surface area (Å²) in [5, 5.41) is 2.82. The van der Waals surface area contributed by atoms with Gasteiger partial charge in [0.2, 0.25) is 0 Å². The van der Waals surface area contributed by atoms with Gasteiger partial charge in [0, 0.05) is 12.1 Å². The average Bonchev–Trinajstić information content (AvgIpc) is 2.90. The van der Waals surface area contributed by atoms with Crippen LogP contribution in [0.4, 0.5) is 0 Å². The van der Waals surface area contributed by atoms with E-state index in [9.17, 15) is 4.79 Å². The number of ether oxygens (including phenoxy) is 1. The summed E-state index contributed by atoms with van der Waals surface area (Å²) in [5.41, 5.74) is 3.21. The summed E-state index contributed by atoms with van der Waals surface area (Å²) in [5.74, 6) is 0.869. The van der Waals surface area contributed by atoms with E-state index in [0.29, 0.717) is 12.3 Å². The molecule has 0 saturated heterocycles. The van der Waals surface area contributed by atoms with Crippen molar-refractivity contribution in [3.05, 3.63) is 53.0 Å². The van der Waals surface area contributed by atoms with Crippen LogP contribution < -0.4 is 10.1 Å². The molecule has 0 spiro atoms. The Balaban J connectivity index is 2.13. The van der Waals surface area contributed by atoms with Crippen molar-refractivity contribution in [2.75, 3.05) is 7.11 Å². The summed E-state index contributed by atoms with van der Waals surface area (Å²) in [6.45, 7) is 4.43. The van der Waals surface area contributed by atoms with Gasteiger partial charge in [0.1, 0.15) is 5.75 Å². The molecule has 0 aliphatic carbocycles. The maximum Gasteiger partial charge on any atom is 0.287 e. The summed E-state index contributed by atoms with van der Waals surface area (Å²) in [6.07, 6.45) is 1.48. The maximum absolute atomic E-state index is 11.8. The van der Waals surface area contributed by atoms with Crippen LogP contribution in [-0.2, 0) is 6.54 Å². The Morgan fingerprint density at radius 1 is 1.37 bits per heavy atom. The van der Waals surface area contributed by atoms with Gasteiger partial charge in [0.25, 0.3) is 5.91 Å². The largest absolute Gasteiger partial charge is 0.496 e. The third kappa shape index (κ3) is 2.96. The quantitative estimate of drug-likeness (QED) is 0.918. The Hall–Kier alpha value is -2.23. The van der Waals surface area contributed by atoms with Crippen LogP contribution in [0.5, 0.6) is 5.75 Å². The summed E-state index contributed by atoms with van der Waals surface area (Å²) in [6, 6.07) is 7.35. The first-order chi connectivity index (χ1) is 9.11. The van der Waals surface area contributed by atoms with E-state index in [2.05, 4.69) is 11.4 Å². The van der Waals surface area contributed by atoms with Crippen molar-refractivity contribution in [3.8, 4) is 5.75 Å². The van der Waals surface area contributed by atoms with E-state index in [1.54, 1.807) is 19.2 Å². The highest BCUT2D eigenvalue weighted by Gasteiger charge is 2.12. The molecular formula is C15H17NO3. The standard InChI is InChI=1S/C15H17NO3/c1-10-7-11(2)12(14(8-10)18-3)9-16-15(17)13-5-4-6-19-13/h4-8H,9H2,1-3H3,(H,16,17). The highest BCUT2D eigenvalue weighted by Crippen LogP contribution is 2.24. The molecule has 2 rings (SSSR count). The predicted octanol–water partition coefficient (Wildman–Crippen LogP) is 2.84. The fourth-order valence-corrected chi connectivity index (χ4v) is 2.03. The van der Waals surface area contributed by atoms with Gasteiger partial charge in [-0.05, 0) is 43.2 Å². The van der Waals surface area contributed by atoms with Crippen LogP contribution >= 0.6 is 0 Å². The smallest absolute Gasteiger partial charge is 0.287 e. The topological polar surface area (TPSA) is 51.5 Å². The van der Waals surface area contributed by atoms with Gasteiger partial charge in [0.05, 0.1) is 13.4 Å². The van der Waals surface area contributed by atoms with E-state index < -0.39 is 0 Å². The van der Waals surface area contributed by atoms with E-state index in [1.807, 2.05) is 19.9 Å². The van der Waals surface area contributed by atoms with Crippen LogP contribution in [0.1, 0.15) is 27.2 Å². The number of carbonyl (C=O) groups is 1. The summed E-state index contributed by atoms with van der Waals surface area (Å²) >= 11 is 0. The number of hydrogen-bond donors (Lipinski definition) is 1. The molecule has 0 fully saturated rings. The fraction of sp³-hybridized carbons (Fsp3) is 0.267. The molecule has 1 heterocycles. The minimum absolute atomic E-state index is 0.230. The number of aryl methyl sites for hydroxylation is 2. The Morgan fingerprint density at radius 3 is 2.79 bits per heavy atom. The fourth-order valence-electron chi connectivity index (χ4n) is 2.03. The summed E-state index contributed by atoms with van der Waals surface area (Å²) in [7, 11) is 1.63. The zero-order chi connectivity index (χ0) is 13.8. The first-order valence-electron chi connectivity index (χ1n) is 6.07. The maximum atomic E-state index is 11.8. The zero-order valence-electron chi connectivity index (χ0n) is 11.3. The highest BCUT2D eigenvalue weighted by molar-refractivity contribution is 5.91. The monoisotopic (exact) mass is 259 g/mol. The third-order valence-electron chi connectivity index (χ3n) is 2.97. The van der Waals surface area contributed by atoms with Gasteiger partial charge < -0.3 is 14.5 Å². The lowest BCUT2D eigenvalue weighted by Crippen LogP contribution is -2.23. The number of amides is 1. The van der Waals surface area contributed by atoms with Crippen molar-refractivity contribution in [1.82, 2.24) is 5.32 Å². The molecule has 100 valence electrons. The molecule has 0 unspecified atom stereocenters. The number of hydrogen-bond acceptors (Lipinski definition) is 3. The second-order valence-corrected chi connectivity index (χ2v) is 4.42. The predicted molar refractivity (Wildman–Crippen MR) is 72.3 cm³/mol. The molecule has 0 radical (unpaired) electrons. The van der Waals surface area contributed by atoms with Crippen molar-refractivity contribution < 1.29 is 13.9 Å². The highest BCUT2D eigenvalue weighted by atomic mass is 16.5. The van der Waals surface area contributed by atoms with Gasteiger partial charge in [-0.25, -0.2) is 0 Å². The van der Waals surface area contributed by atoms with E-state index in [4.69, 9.17) is 9.15 Å². The molecule has 19 heavy (non-hydrogen) atoms. The van der Waals surface area contributed by atoms with E-state index >= 15 is 0 Å². The average molecular weight is 259 g/mol. The number of methoxy groups -OCH3 is 1. The summed E-state index contributed by atoms with van der Waals surface area (Å²) < 4.78 is 10.4. The molecule has 1 aromatic carbocycles. The lowest BCUT2D eigenvalue weighted by Gasteiger charge is -2.13. The Kier molecular flexibility index (Phi) is 3.90. The lowest BCUT2D eigenvalue weighted by molar-refractivity contribution is 0.0923. The molecule has 4 heteroatoms. The van der Waals surface area contributed by atoms with E-state index in [-0.39, 0.29) is 5.91 Å². The van der Waals surface area contributed by atoms with Gasteiger partial charge in [-0.2, -0.15) is 0 Å². The van der Waals surface area contributed by atoms with Crippen molar-refractivity contribution in [2.24, 2.45) is 0 Å². The molecular weight excluding hydrogens is 242 g/mol. The van der Waals surface area contributed by atoms with E-state index in [0.717, 1.165) is 22.4 Å². The molecule has 1 aromatic heterocycles. The van der Waals surface area contributed by atoms with Gasteiger partial charge in [0.15, 0.2) is 5.76 Å². The molecule has 1 amide bonds. The number of benzene rings is 1. The van der Waals surface area contributed by atoms with Gasteiger partial charge >= 0.3 is 0 Å². The van der Waals surface area contributed by atoms with Crippen molar-refractivity contribution >= 4 is 5.91 Å². The lowest BCUT2D eigenvalue weighted by atomic mass is 10.0.